The molecular weight excluding hydrogens is 306 g/mol. The van der Waals surface area contributed by atoms with Crippen molar-refractivity contribution in [2.75, 3.05) is 0 Å². The van der Waals surface area contributed by atoms with Crippen LogP contribution in [0.5, 0.6) is 0 Å². The molecule has 0 fully saturated rings. The van der Waals surface area contributed by atoms with Crippen molar-refractivity contribution in [2.24, 2.45) is 5.73 Å². The lowest BCUT2D eigenvalue weighted by Crippen LogP contribution is -2.23. The molecule has 0 saturated heterocycles. The Morgan fingerprint density at radius 3 is 2.42 bits per heavy atom. The first-order valence-corrected chi connectivity index (χ1v) is 6.68. The molecule has 2 aromatic rings. The highest BCUT2D eigenvalue weighted by Crippen LogP contribution is 2.18. The van der Waals surface area contributed by atoms with Crippen molar-refractivity contribution < 1.29 is 9.53 Å². The molecule has 19 heavy (non-hydrogen) atoms. The van der Waals surface area contributed by atoms with Gasteiger partial charge in [0.05, 0.1) is 0 Å². The molecule has 0 unspecified atom stereocenters. The number of hydrogen-bond acceptors (Lipinski definition) is 3. The first-order valence-electron chi connectivity index (χ1n) is 5.89. The van der Waals surface area contributed by atoms with E-state index in [2.05, 4.69) is 15.9 Å². The van der Waals surface area contributed by atoms with Crippen LogP contribution in [-0.2, 0) is 16.1 Å². The molecule has 3 nitrogen and oxygen atoms in total. The molecule has 2 N–H and O–H groups in total. The maximum absolute atomic E-state index is 11.9. The van der Waals surface area contributed by atoms with Gasteiger partial charge < -0.3 is 10.5 Å². The summed E-state index contributed by atoms with van der Waals surface area (Å²) in [6, 6.07) is 16.0. The first kappa shape index (κ1) is 13.8. The zero-order valence-electron chi connectivity index (χ0n) is 10.3. The van der Waals surface area contributed by atoms with Gasteiger partial charge in [0, 0.05) is 10.0 Å². The van der Waals surface area contributed by atoms with E-state index in [0.29, 0.717) is 0 Å². The summed E-state index contributed by atoms with van der Waals surface area (Å²) in [5.41, 5.74) is 7.52. The van der Waals surface area contributed by atoms with Gasteiger partial charge in [0.25, 0.3) is 0 Å². The monoisotopic (exact) mass is 319 g/mol. The number of esters is 1. The van der Waals surface area contributed by atoms with Gasteiger partial charge in [-0.1, -0.05) is 64.5 Å². The van der Waals surface area contributed by atoms with Gasteiger partial charge in [-0.25, -0.2) is 4.79 Å². The van der Waals surface area contributed by atoms with Crippen molar-refractivity contribution in [1.82, 2.24) is 0 Å². The Labute approximate surface area is 120 Å². The molecule has 0 aromatic heterocycles. The lowest BCUT2D eigenvalue weighted by atomic mass is 10.1. The third kappa shape index (κ3) is 3.66. The normalized spacial score (nSPS) is 11.9. The molecule has 0 amide bonds. The fourth-order valence-corrected chi connectivity index (χ4v) is 2.05. The molecule has 0 aliphatic heterocycles. The zero-order valence-corrected chi connectivity index (χ0v) is 11.8. The maximum atomic E-state index is 11.9. The maximum Gasteiger partial charge on any atom is 0.327 e. The summed E-state index contributed by atoms with van der Waals surface area (Å²) in [5.74, 6) is -0.429. The van der Waals surface area contributed by atoms with Gasteiger partial charge in [-0.3, -0.25) is 0 Å². The van der Waals surface area contributed by atoms with Crippen LogP contribution >= 0.6 is 15.9 Å². The Hall–Kier alpha value is -1.65. The molecule has 0 spiro atoms. The molecule has 0 aliphatic carbocycles. The van der Waals surface area contributed by atoms with E-state index < -0.39 is 12.0 Å². The standard InChI is InChI=1S/C15H14BrNO2/c16-13-9-5-4-8-12(13)10-19-15(18)14(17)11-6-2-1-3-7-11/h1-9,14H,10,17H2/t14-/m1/s1. The van der Waals surface area contributed by atoms with Crippen molar-refractivity contribution >= 4 is 21.9 Å². The van der Waals surface area contributed by atoms with E-state index in [4.69, 9.17) is 10.5 Å². The van der Waals surface area contributed by atoms with Crippen LogP contribution in [0.3, 0.4) is 0 Å². The van der Waals surface area contributed by atoms with E-state index in [9.17, 15) is 4.79 Å². The van der Waals surface area contributed by atoms with Gasteiger partial charge in [0.1, 0.15) is 12.6 Å². The Morgan fingerprint density at radius 2 is 1.74 bits per heavy atom. The number of benzene rings is 2. The van der Waals surface area contributed by atoms with Gasteiger partial charge in [-0.05, 0) is 11.6 Å². The van der Waals surface area contributed by atoms with E-state index in [1.54, 1.807) is 0 Å². The van der Waals surface area contributed by atoms with Crippen LogP contribution in [-0.4, -0.2) is 5.97 Å². The highest BCUT2D eigenvalue weighted by molar-refractivity contribution is 9.10. The summed E-state index contributed by atoms with van der Waals surface area (Å²) in [4.78, 5) is 11.9. The van der Waals surface area contributed by atoms with Gasteiger partial charge in [0.2, 0.25) is 0 Å². The van der Waals surface area contributed by atoms with Gasteiger partial charge in [0.15, 0.2) is 0 Å². The fourth-order valence-electron chi connectivity index (χ4n) is 1.65. The summed E-state index contributed by atoms with van der Waals surface area (Å²) in [6.45, 7) is 0.209. The second kappa shape index (κ2) is 6.50. The summed E-state index contributed by atoms with van der Waals surface area (Å²) < 4.78 is 6.14. The summed E-state index contributed by atoms with van der Waals surface area (Å²) >= 11 is 3.41. The molecule has 0 bridgehead atoms. The van der Waals surface area contributed by atoms with Crippen LogP contribution in [0.15, 0.2) is 59.1 Å². The largest absolute Gasteiger partial charge is 0.459 e. The highest BCUT2D eigenvalue weighted by atomic mass is 79.9. The van der Waals surface area contributed by atoms with Crippen molar-refractivity contribution in [1.29, 1.82) is 0 Å². The minimum atomic E-state index is -0.747. The van der Waals surface area contributed by atoms with E-state index in [0.717, 1.165) is 15.6 Å². The molecule has 98 valence electrons. The predicted octanol–water partition coefficient (Wildman–Crippen LogP) is 3.19. The van der Waals surface area contributed by atoms with Gasteiger partial charge in [-0.15, -0.1) is 0 Å². The smallest absolute Gasteiger partial charge is 0.327 e. The summed E-state index contributed by atoms with van der Waals surface area (Å²) in [5, 5.41) is 0. The number of ether oxygens (including phenoxy) is 1. The van der Waals surface area contributed by atoms with E-state index in [1.807, 2.05) is 54.6 Å². The number of halogens is 1. The predicted molar refractivity (Wildman–Crippen MR) is 77.3 cm³/mol. The van der Waals surface area contributed by atoms with E-state index in [-0.39, 0.29) is 6.61 Å². The second-order valence-electron chi connectivity index (χ2n) is 4.09. The van der Waals surface area contributed by atoms with Crippen LogP contribution in [0, 0.1) is 0 Å². The lowest BCUT2D eigenvalue weighted by Gasteiger charge is -2.12. The second-order valence-corrected chi connectivity index (χ2v) is 4.94. The SMILES string of the molecule is N[C@@H](C(=O)OCc1ccccc1Br)c1ccccc1. The van der Waals surface area contributed by atoms with Crippen LogP contribution in [0.2, 0.25) is 0 Å². The topological polar surface area (TPSA) is 52.3 Å². The van der Waals surface area contributed by atoms with Crippen LogP contribution in [0.1, 0.15) is 17.2 Å². The van der Waals surface area contributed by atoms with Crippen LogP contribution in [0.25, 0.3) is 0 Å². The molecule has 0 heterocycles. The lowest BCUT2D eigenvalue weighted by molar-refractivity contribution is -0.146. The van der Waals surface area contributed by atoms with Crippen LogP contribution < -0.4 is 5.73 Å². The average molecular weight is 320 g/mol. The minimum Gasteiger partial charge on any atom is -0.459 e. The number of hydrogen-bond donors (Lipinski definition) is 1. The zero-order chi connectivity index (χ0) is 13.7. The highest BCUT2D eigenvalue weighted by Gasteiger charge is 2.17. The molecule has 4 heteroatoms. The molecule has 0 aliphatic rings. The number of carbonyl (C=O) groups excluding carboxylic acids is 1. The van der Waals surface area contributed by atoms with E-state index in [1.165, 1.54) is 0 Å². The molecule has 0 saturated carbocycles. The Bertz CT molecular complexity index is 557. The minimum absolute atomic E-state index is 0.209. The third-order valence-electron chi connectivity index (χ3n) is 2.74. The Morgan fingerprint density at radius 1 is 1.11 bits per heavy atom. The molecular formula is C15H14BrNO2. The average Bonchev–Trinajstić information content (AvgIpc) is 2.46. The van der Waals surface area contributed by atoms with Crippen molar-refractivity contribution in [3.8, 4) is 0 Å². The molecule has 2 aromatic carbocycles. The van der Waals surface area contributed by atoms with E-state index >= 15 is 0 Å². The fraction of sp³-hybridized carbons (Fsp3) is 0.133. The molecule has 0 radical (unpaired) electrons. The van der Waals surface area contributed by atoms with Crippen LogP contribution in [0.4, 0.5) is 0 Å². The molecule has 2 rings (SSSR count). The summed E-state index contributed by atoms with van der Waals surface area (Å²) in [7, 11) is 0. The number of rotatable bonds is 4. The van der Waals surface area contributed by atoms with Crippen molar-refractivity contribution in [2.45, 2.75) is 12.6 Å². The third-order valence-corrected chi connectivity index (χ3v) is 3.51. The number of nitrogens with two attached hydrogens (primary N) is 1. The van der Waals surface area contributed by atoms with Gasteiger partial charge in [-0.2, -0.15) is 0 Å². The van der Waals surface area contributed by atoms with Gasteiger partial charge >= 0.3 is 5.97 Å². The molecule has 1 atom stereocenters. The Balaban J connectivity index is 1.97. The quantitative estimate of drug-likeness (QED) is 0.880. The van der Waals surface area contributed by atoms with Crippen molar-refractivity contribution in [3.63, 3.8) is 0 Å². The van der Waals surface area contributed by atoms with Crippen molar-refractivity contribution in [3.05, 3.63) is 70.2 Å². The summed E-state index contributed by atoms with van der Waals surface area (Å²) in [6.07, 6.45) is 0. The first-order chi connectivity index (χ1) is 9.18. The number of carbonyl (C=O) groups is 1. The Kier molecular flexibility index (Phi) is 4.71.